The van der Waals surface area contributed by atoms with Crippen molar-refractivity contribution in [1.29, 1.82) is 0 Å². The summed E-state index contributed by atoms with van der Waals surface area (Å²) in [5.74, 6) is 0.100. The molecule has 1 aliphatic rings. The van der Waals surface area contributed by atoms with E-state index >= 15 is 0 Å². The van der Waals surface area contributed by atoms with E-state index in [1.807, 2.05) is 49.8 Å². The average Bonchev–Trinajstić information content (AvgIpc) is 2.65. The molecular weight excluding hydrogens is 224 g/mol. The Bertz CT molecular complexity index is 378. The quantitative estimate of drug-likeness (QED) is 0.475. The summed E-state index contributed by atoms with van der Waals surface area (Å²) >= 11 is 0. The number of carbonyl (C=O) groups excluding carboxylic acids is 1. The first kappa shape index (κ1) is 12.5. The van der Waals surface area contributed by atoms with Gasteiger partial charge in [-0.2, -0.15) is 0 Å². The van der Waals surface area contributed by atoms with Gasteiger partial charge in [-0.3, -0.25) is 4.79 Å². The summed E-state index contributed by atoms with van der Waals surface area (Å²) in [5.41, 5.74) is 0.738. The number of benzene rings is 1. The number of carbonyl (C=O) groups is 1. The molecule has 0 spiro atoms. The SMILES string of the molecule is CN1[C+]N(CC(=O)c2ccccc2)C=C1.[Cl-]. The first-order valence-corrected chi connectivity index (χ1v) is 4.78. The molecule has 83 valence electrons. The summed E-state index contributed by atoms with van der Waals surface area (Å²) in [6.07, 6.45) is 3.69. The van der Waals surface area contributed by atoms with Gasteiger partial charge in [-0.25, -0.2) is 0 Å². The predicted octanol–water partition coefficient (Wildman–Crippen LogP) is -1.41. The molecule has 0 unspecified atom stereocenters. The van der Waals surface area contributed by atoms with Gasteiger partial charge in [0.1, 0.15) is 6.54 Å². The second kappa shape index (κ2) is 5.47. The zero-order chi connectivity index (χ0) is 10.7. The topological polar surface area (TPSA) is 23.6 Å². The molecule has 0 aromatic heterocycles. The van der Waals surface area contributed by atoms with Crippen molar-refractivity contribution in [3.8, 4) is 0 Å². The summed E-state index contributed by atoms with van der Waals surface area (Å²) in [6.45, 7) is 3.33. The van der Waals surface area contributed by atoms with Gasteiger partial charge in [0.15, 0.2) is 5.78 Å². The van der Waals surface area contributed by atoms with Crippen molar-refractivity contribution in [1.82, 2.24) is 9.80 Å². The number of halogens is 1. The van der Waals surface area contributed by atoms with E-state index < -0.39 is 0 Å². The van der Waals surface area contributed by atoms with Crippen LogP contribution in [-0.4, -0.2) is 29.2 Å². The maximum absolute atomic E-state index is 11.8. The molecule has 0 aliphatic carbocycles. The molecule has 0 fully saturated rings. The molecule has 1 aromatic carbocycles. The molecule has 0 amide bonds. The van der Waals surface area contributed by atoms with E-state index in [1.165, 1.54) is 0 Å². The zero-order valence-electron chi connectivity index (χ0n) is 8.93. The van der Waals surface area contributed by atoms with Gasteiger partial charge < -0.3 is 12.4 Å². The maximum atomic E-state index is 11.8. The van der Waals surface area contributed by atoms with Crippen molar-refractivity contribution in [2.24, 2.45) is 0 Å². The molecule has 0 N–H and O–H groups in total. The van der Waals surface area contributed by atoms with Crippen molar-refractivity contribution in [3.63, 3.8) is 0 Å². The van der Waals surface area contributed by atoms with Crippen LogP contribution in [0.4, 0.5) is 0 Å². The molecule has 1 aromatic rings. The highest BCUT2D eigenvalue weighted by Gasteiger charge is 2.29. The maximum Gasteiger partial charge on any atom is 0.564 e. The van der Waals surface area contributed by atoms with Gasteiger partial charge >= 0.3 is 6.67 Å². The van der Waals surface area contributed by atoms with Crippen molar-refractivity contribution in [2.75, 3.05) is 13.6 Å². The third kappa shape index (κ3) is 2.94. The summed E-state index contributed by atoms with van der Waals surface area (Å²) in [7, 11) is 1.88. The fourth-order valence-corrected chi connectivity index (χ4v) is 1.41. The summed E-state index contributed by atoms with van der Waals surface area (Å²) in [6, 6.07) is 9.29. The lowest BCUT2D eigenvalue weighted by Gasteiger charge is -2.02. The lowest BCUT2D eigenvalue weighted by Crippen LogP contribution is -3.00. The number of hydrogen-bond acceptors (Lipinski definition) is 3. The van der Waals surface area contributed by atoms with E-state index in [9.17, 15) is 4.79 Å². The minimum Gasteiger partial charge on any atom is -1.00 e. The van der Waals surface area contributed by atoms with Crippen LogP contribution in [0.5, 0.6) is 0 Å². The van der Waals surface area contributed by atoms with Gasteiger partial charge in [0.05, 0.1) is 19.4 Å². The highest BCUT2D eigenvalue weighted by molar-refractivity contribution is 5.97. The minimum atomic E-state index is 0. The first-order valence-electron chi connectivity index (χ1n) is 4.78. The molecule has 4 heteroatoms. The normalized spacial score (nSPS) is 13.3. The van der Waals surface area contributed by atoms with E-state index in [-0.39, 0.29) is 18.2 Å². The van der Waals surface area contributed by atoms with Crippen molar-refractivity contribution in [3.05, 3.63) is 55.0 Å². The third-order valence-corrected chi connectivity index (χ3v) is 2.17. The second-order valence-electron chi connectivity index (χ2n) is 3.43. The molecule has 3 nitrogen and oxygen atoms in total. The fourth-order valence-electron chi connectivity index (χ4n) is 1.41. The zero-order valence-corrected chi connectivity index (χ0v) is 9.69. The molecule has 0 saturated carbocycles. The number of ketones is 1. The van der Waals surface area contributed by atoms with Crippen LogP contribution in [0.1, 0.15) is 10.4 Å². The number of nitrogens with zero attached hydrogens (tertiary/aromatic N) is 2. The van der Waals surface area contributed by atoms with Crippen LogP contribution in [0.3, 0.4) is 0 Å². The Morgan fingerprint density at radius 2 is 1.94 bits per heavy atom. The number of hydrogen-bond donors (Lipinski definition) is 0. The second-order valence-corrected chi connectivity index (χ2v) is 3.43. The van der Waals surface area contributed by atoms with Gasteiger partial charge in [0.2, 0.25) is 0 Å². The van der Waals surface area contributed by atoms with E-state index in [4.69, 9.17) is 0 Å². The molecule has 0 bridgehead atoms. The van der Waals surface area contributed by atoms with Crippen LogP contribution in [0.25, 0.3) is 0 Å². The van der Waals surface area contributed by atoms with Gasteiger partial charge in [0, 0.05) is 5.56 Å². The van der Waals surface area contributed by atoms with E-state index in [0.29, 0.717) is 6.54 Å². The Morgan fingerprint density at radius 3 is 2.50 bits per heavy atom. The van der Waals surface area contributed by atoms with E-state index in [0.717, 1.165) is 5.56 Å². The van der Waals surface area contributed by atoms with Crippen molar-refractivity contribution < 1.29 is 17.2 Å². The third-order valence-electron chi connectivity index (χ3n) is 2.17. The van der Waals surface area contributed by atoms with Crippen LogP contribution in [0.15, 0.2) is 42.7 Å². The molecule has 1 radical (unpaired) electrons. The molecule has 0 atom stereocenters. The Labute approximate surface area is 102 Å². The summed E-state index contributed by atoms with van der Waals surface area (Å²) in [4.78, 5) is 15.3. The van der Waals surface area contributed by atoms with Gasteiger partial charge in [-0.05, 0) is 0 Å². The van der Waals surface area contributed by atoms with Gasteiger partial charge in [0.25, 0.3) is 0 Å². The van der Waals surface area contributed by atoms with Gasteiger partial charge in [-0.15, -0.1) is 9.80 Å². The predicted molar refractivity (Wildman–Crippen MR) is 57.6 cm³/mol. The molecular formula is C12H12ClN2O. The Hall–Kier alpha value is -1.61. The number of Topliss-reactive ketones (excluding diaryl/α,β-unsaturated/α-hetero) is 1. The van der Waals surface area contributed by atoms with Crippen molar-refractivity contribution >= 4 is 5.78 Å². The fraction of sp³-hybridized carbons (Fsp3) is 0.167. The Morgan fingerprint density at radius 1 is 1.25 bits per heavy atom. The lowest BCUT2D eigenvalue weighted by atomic mass is 10.1. The van der Waals surface area contributed by atoms with E-state index in [2.05, 4.69) is 6.67 Å². The Balaban J connectivity index is 0.00000128. The molecule has 2 rings (SSSR count). The molecule has 0 saturated heterocycles. The Kier molecular flexibility index (Phi) is 4.26. The van der Waals surface area contributed by atoms with E-state index in [1.54, 1.807) is 9.80 Å². The monoisotopic (exact) mass is 235 g/mol. The summed E-state index contributed by atoms with van der Waals surface area (Å²) in [5, 5.41) is 0. The molecule has 1 aliphatic heterocycles. The number of rotatable bonds is 3. The van der Waals surface area contributed by atoms with Crippen LogP contribution < -0.4 is 12.4 Å². The van der Waals surface area contributed by atoms with Crippen LogP contribution >= 0.6 is 0 Å². The minimum absolute atomic E-state index is 0. The largest absolute Gasteiger partial charge is 1.00 e. The highest BCUT2D eigenvalue weighted by Crippen LogP contribution is 2.10. The van der Waals surface area contributed by atoms with Crippen molar-refractivity contribution in [2.45, 2.75) is 0 Å². The highest BCUT2D eigenvalue weighted by atomic mass is 35.5. The van der Waals surface area contributed by atoms with Crippen LogP contribution in [-0.2, 0) is 0 Å². The smallest absolute Gasteiger partial charge is 0.564 e. The summed E-state index contributed by atoms with van der Waals surface area (Å²) < 4.78 is 0. The van der Waals surface area contributed by atoms with Crippen LogP contribution in [0, 0.1) is 6.67 Å². The first-order chi connectivity index (χ1) is 7.25. The van der Waals surface area contributed by atoms with Gasteiger partial charge in [-0.1, -0.05) is 30.3 Å². The van der Waals surface area contributed by atoms with Crippen LogP contribution in [0.2, 0.25) is 0 Å². The lowest BCUT2D eigenvalue weighted by molar-refractivity contribution is -0.0000110. The molecule has 16 heavy (non-hydrogen) atoms. The average molecular weight is 236 g/mol. The molecule has 1 heterocycles. The standard InChI is InChI=1S/C12H12N2O.ClH/c1-13-7-8-14(10-13)9-12(15)11-5-3-2-4-6-11;/h2-8H,9H2,1H3;1H/q+1;/p-1.